The van der Waals surface area contributed by atoms with Crippen LogP contribution in [0.25, 0.3) is 5.57 Å². The zero-order valence-electron chi connectivity index (χ0n) is 15.3. The Morgan fingerprint density at radius 1 is 1.07 bits per heavy atom. The summed E-state index contributed by atoms with van der Waals surface area (Å²) in [5, 5.41) is 5.87. The lowest BCUT2D eigenvalue weighted by molar-refractivity contribution is -0.110. The summed E-state index contributed by atoms with van der Waals surface area (Å²) in [4.78, 5) is 14.6. The highest BCUT2D eigenvalue weighted by Gasteiger charge is 2.24. The van der Waals surface area contributed by atoms with Crippen LogP contribution in [0, 0.1) is 5.82 Å². The van der Waals surface area contributed by atoms with Crippen LogP contribution in [-0.2, 0) is 11.2 Å². The molecule has 2 aromatic carbocycles. The molecule has 1 amide bonds. The molecule has 0 unspecified atom stereocenters. The van der Waals surface area contributed by atoms with Gasteiger partial charge in [0.15, 0.2) is 0 Å². The van der Waals surface area contributed by atoms with Gasteiger partial charge in [-0.05, 0) is 68.2 Å². The van der Waals surface area contributed by atoms with Crippen LogP contribution in [0.1, 0.15) is 30.4 Å². The van der Waals surface area contributed by atoms with Crippen LogP contribution < -0.4 is 10.6 Å². The normalized spacial score (nSPS) is 18.4. The van der Waals surface area contributed by atoms with Gasteiger partial charge in [-0.1, -0.05) is 18.6 Å². The molecule has 27 heavy (non-hydrogen) atoms. The van der Waals surface area contributed by atoms with Crippen molar-refractivity contribution in [1.29, 1.82) is 0 Å². The fourth-order valence-electron chi connectivity index (χ4n) is 3.70. The Balaban J connectivity index is 1.37. The number of hydrogen-bond donors (Lipinski definition) is 2. The molecule has 140 valence electrons. The van der Waals surface area contributed by atoms with Crippen LogP contribution in [0.15, 0.2) is 48.7 Å². The summed E-state index contributed by atoms with van der Waals surface area (Å²) in [6.07, 6.45) is 6.75. The molecule has 2 N–H and O–H groups in total. The van der Waals surface area contributed by atoms with Gasteiger partial charge in [0, 0.05) is 24.0 Å². The molecule has 1 fully saturated rings. The van der Waals surface area contributed by atoms with Crippen LogP contribution in [0.5, 0.6) is 0 Å². The van der Waals surface area contributed by atoms with E-state index in [1.165, 1.54) is 50.0 Å². The highest BCUT2D eigenvalue weighted by Crippen LogP contribution is 2.32. The Kier molecular flexibility index (Phi) is 5.21. The van der Waals surface area contributed by atoms with Crippen LogP contribution in [0.4, 0.5) is 15.8 Å². The SMILES string of the molecule is O=C1Nc2cc(F)ccc2C1=CNc1ccc(CCN2CCCCC2)cc1. The number of nitrogens with one attached hydrogen (secondary N) is 2. The van der Waals surface area contributed by atoms with Crippen molar-refractivity contribution in [3.63, 3.8) is 0 Å². The van der Waals surface area contributed by atoms with Crippen LogP contribution in [0.3, 0.4) is 0 Å². The summed E-state index contributed by atoms with van der Waals surface area (Å²) in [5.74, 6) is -0.579. The first kappa shape index (κ1) is 17.7. The number of hydrogen-bond acceptors (Lipinski definition) is 3. The fourth-order valence-corrected chi connectivity index (χ4v) is 3.70. The molecule has 0 aliphatic carbocycles. The lowest BCUT2D eigenvalue weighted by Crippen LogP contribution is -2.31. The van der Waals surface area contributed by atoms with Gasteiger partial charge < -0.3 is 15.5 Å². The lowest BCUT2D eigenvalue weighted by atomic mass is 10.1. The second kappa shape index (κ2) is 7.92. The van der Waals surface area contributed by atoms with Crippen molar-refractivity contribution < 1.29 is 9.18 Å². The monoisotopic (exact) mass is 365 g/mol. The van der Waals surface area contributed by atoms with Gasteiger partial charge in [-0.25, -0.2) is 4.39 Å². The van der Waals surface area contributed by atoms with Gasteiger partial charge in [-0.3, -0.25) is 4.79 Å². The third kappa shape index (κ3) is 4.19. The summed E-state index contributed by atoms with van der Waals surface area (Å²) in [7, 11) is 0. The van der Waals surface area contributed by atoms with Crippen molar-refractivity contribution >= 4 is 22.9 Å². The van der Waals surface area contributed by atoms with Crippen molar-refractivity contribution in [1.82, 2.24) is 4.90 Å². The van der Waals surface area contributed by atoms with Crippen molar-refractivity contribution in [2.45, 2.75) is 25.7 Å². The highest BCUT2D eigenvalue weighted by atomic mass is 19.1. The van der Waals surface area contributed by atoms with E-state index < -0.39 is 0 Å². The molecule has 0 spiro atoms. The van der Waals surface area contributed by atoms with Crippen LogP contribution >= 0.6 is 0 Å². The molecule has 0 bridgehead atoms. The highest BCUT2D eigenvalue weighted by molar-refractivity contribution is 6.31. The molecule has 4 rings (SSSR count). The Morgan fingerprint density at radius 3 is 2.63 bits per heavy atom. The van der Waals surface area contributed by atoms with E-state index >= 15 is 0 Å². The van der Waals surface area contributed by atoms with Gasteiger partial charge in [-0.2, -0.15) is 0 Å². The molecule has 2 aliphatic heterocycles. The predicted molar refractivity (Wildman–Crippen MR) is 107 cm³/mol. The van der Waals surface area contributed by atoms with Gasteiger partial charge in [-0.15, -0.1) is 0 Å². The van der Waals surface area contributed by atoms with Crippen LogP contribution in [-0.4, -0.2) is 30.4 Å². The zero-order chi connectivity index (χ0) is 18.6. The number of likely N-dealkylation sites (tertiary alicyclic amines) is 1. The molecule has 2 aromatic rings. The van der Waals surface area contributed by atoms with E-state index in [1.54, 1.807) is 12.3 Å². The molecule has 5 heteroatoms. The maximum absolute atomic E-state index is 13.3. The first-order valence-corrected chi connectivity index (χ1v) is 9.58. The molecule has 1 saturated heterocycles. The molecule has 0 atom stereocenters. The number of anilines is 2. The minimum atomic E-state index is -0.358. The number of carbonyl (C=O) groups is 1. The van der Waals surface area contributed by atoms with Gasteiger partial charge >= 0.3 is 0 Å². The summed E-state index contributed by atoms with van der Waals surface area (Å²) >= 11 is 0. The summed E-state index contributed by atoms with van der Waals surface area (Å²) < 4.78 is 13.3. The van der Waals surface area contributed by atoms with E-state index in [4.69, 9.17) is 0 Å². The summed E-state index contributed by atoms with van der Waals surface area (Å²) in [6.45, 7) is 3.56. The number of benzene rings is 2. The number of fused-ring (bicyclic) bond motifs is 1. The minimum absolute atomic E-state index is 0.221. The van der Waals surface area contributed by atoms with E-state index in [0.29, 0.717) is 16.8 Å². The molecule has 0 radical (unpaired) electrons. The molecule has 0 saturated carbocycles. The first-order valence-electron chi connectivity index (χ1n) is 9.58. The summed E-state index contributed by atoms with van der Waals surface area (Å²) in [5.41, 5.74) is 3.98. The number of carbonyl (C=O) groups excluding carboxylic acids is 1. The van der Waals surface area contributed by atoms with Gasteiger partial charge in [0.25, 0.3) is 5.91 Å². The Morgan fingerprint density at radius 2 is 1.85 bits per heavy atom. The standard InChI is InChI=1S/C22H24FN3O/c23-17-6-9-19-20(22(27)25-21(19)14-17)15-24-18-7-4-16(5-8-18)10-13-26-11-2-1-3-12-26/h4-9,14-15,24H,1-3,10-13H2,(H,25,27). The summed E-state index contributed by atoms with van der Waals surface area (Å²) in [6, 6.07) is 12.6. The maximum atomic E-state index is 13.3. The predicted octanol–water partition coefficient (Wildman–Crippen LogP) is 4.26. The van der Waals surface area contributed by atoms with Gasteiger partial charge in [0.1, 0.15) is 5.82 Å². The largest absolute Gasteiger partial charge is 0.361 e. The molecule has 0 aromatic heterocycles. The second-order valence-corrected chi connectivity index (χ2v) is 7.20. The Bertz CT molecular complexity index is 854. The number of piperidine rings is 1. The van der Waals surface area contributed by atoms with E-state index in [0.717, 1.165) is 18.7 Å². The smallest absolute Gasteiger partial charge is 0.257 e. The Hall–Kier alpha value is -2.66. The Labute approximate surface area is 159 Å². The average molecular weight is 365 g/mol. The number of amides is 1. The number of halogens is 1. The molecular weight excluding hydrogens is 341 g/mol. The van der Waals surface area contributed by atoms with E-state index in [1.807, 2.05) is 12.1 Å². The quantitative estimate of drug-likeness (QED) is 0.778. The van der Waals surface area contributed by atoms with E-state index in [2.05, 4.69) is 27.7 Å². The van der Waals surface area contributed by atoms with Crippen molar-refractivity contribution in [3.8, 4) is 0 Å². The molecule has 2 heterocycles. The number of nitrogens with zero attached hydrogens (tertiary/aromatic N) is 1. The molecule has 2 aliphatic rings. The van der Waals surface area contributed by atoms with Gasteiger partial charge in [0.05, 0.1) is 11.3 Å². The second-order valence-electron chi connectivity index (χ2n) is 7.20. The van der Waals surface area contributed by atoms with Crippen molar-refractivity contribution in [2.75, 3.05) is 30.3 Å². The van der Waals surface area contributed by atoms with Crippen molar-refractivity contribution in [2.24, 2.45) is 0 Å². The van der Waals surface area contributed by atoms with E-state index in [9.17, 15) is 9.18 Å². The zero-order valence-corrected chi connectivity index (χ0v) is 15.3. The van der Waals surface area contributed by atoms with Crippen LogP contribution in [0.2, 0.25) is 0 Å². The van der Waals surface area contributed by atoms with Crippen molar-refractivity contribution in [3.05, 3.63) is 65.6 Å². The lowest BCUT2D eigenvalue weighted by Gasteiger charge is -2.26. The maximum Gasteiger partial charge on any atom is 0.257 e. The average Bonchev–Trinajstić information content (AvgIpc) is 3.00. The molecule has 4 nitrogen and oxygen atoms in total. The third-order valence-corrected chi connectivity index (χ3v) is 5.27. The first-order chi connectivity index (χ1) is 13.2. The number of rotatable bonds is 5. The minimum Gasteiger partial charge on any atom is -0.361 e. The topological polar surface area (TPSA) is 44.4 Å². The third-order valence-electron chi connectivity index (χ3n) is 5.27. The molecular formula is C22H24FN3O. The van der Waals surface area contributed by atoms with Gasteiger partial charge in [0.2, 0.25) is 0 Å². The van der Waals surface area contributed by atoms with E-state index in [-0.39, 0.29) is 11.7 Å². The fraction of sp³-hybridized carbons (Fsp3) is 0.318.